The van der Waals surface area contributed by atoms with Crippen molar-refractivity contribution in [1.29, 1.82) is 0 Å². The van der Waals surface area contributed by atoms with Gasteiger partial charge in [0.15, 0.2) is 0 Å². The fourth-order valence-corrected chi connectivity index (χ4v) is 3.03. The van der Waals surface area contributed by atoms with Crippen molar-refractivity contribution >= 4 is 12.0 Å². The summed E-state index contributed by atoms with van der Waals surface area (Å²) in [6.45, 7) is 8.87. The Morgan fingerprint density at radius 2 is 1.91 bits per heavy atom. The van der Waals surface area contributed by atoms with Crippen LogP contribution in [-0.4, -0.2) is 54.7 Å². The second-order valence-electron chi connectivity index (χ2n) is 7.27. The predicted octanol–water partition coefficient (Wildman–Crippen LogP) is 1.50. The van der Waals surface area contributed by atoms with Crippen LogP contribution < -0.4 is 10.6 Å². The van der Waals surface area contributed by atoms with Gasteiger partial charge in [-0.1, -0.05) is 0 Å². The highest BCUT2D eigenvalue weighted by Gasteiger charge is 2.36. The lowest BCUT2D eigenvalue weighted by atomic mass is 9.98. The van der Waals surface area contributed by atoms with E-state index in [0.717, 1.165) is 38.8 Å². The van der Waals surface area contributed by atoms with Crippen molar-refractivity contribution in [2.24, 2.45) is 5.92 Å². The van der Waals surface area contributed by atoms with Crippen LogP contribution in [0.4, 0.5) is 4.79 Å². The second kappa shape index (κ2) is 7.31. The van der Waals surface area contributed by atoms with E-state index in [1.165, 1.54) is 0 Å². The van der Waals surface area contributed by atoms with Crippen LogP contribution >= 0.6 is 0 Å². The maximum absolute atomic E-state index is 12.4. The number of likely N-dealkylation sites (tertiary alicyclic amines) is 1. The maximum atomic E-state index is 12.4. The summed E-state index contributed by atoms with van der Waals surface area (Å²) in [5.74, 6) is 0.503. The molecule has 2 aliphatic rings. The third-order valence-corrected chi connectivity index (χ3v) is 4.21. The van der Waals surface area contributed by atoms with Gasteiger partial charge in [0, 0.05) is 13.1 Å². The fourth-order valence-electron chi connectivity index (χ4n) is 3.03. The zero-order valence-corrected chi connectivity index (χ0v) is 14.0. The molecule has 126 valence electrons. The average molecular weight is 311 g/mol. The first-order valence-corrected chi connectivity index (χ1v) is 8.35. The fraction of sp³-hybridized carbons (Fsp3) is 0.875. The molecule has 2 heterocycles. The highest BCUT2D eigenvalue weighted by molar-refractivity contribution is 5.86. The van der Waals surface area contributed by atoms with Gasteiger partial charge >= 0.3 is 6.09 Å². The quantitative estimate of drug-likeness (QED) is 0.829. The first kappa shape index (κ1) is 17.1. The molecule has 0 aromatic carbocycles. The summed E-state index contributed by atoms with van der Waals surface area (Å²) in [6.07, 6.45) is 3.38. The van der Waals surface area contributed by atoms with Crippen LogP contribution in [0.3, 0.4) is 0 Å². The van der Waals surface area contributed by atoms with Gasteiger partial charge in [0.25, 0.3) is 0 Å². The lowest BCUT2D eigenvalue weighted by molar-refractivity contribution is -0.125. The van der Waals surface area contributed by atoms with Crippen LogP contribution in [0.15, 0.2) is 0 Å². The number of piperidine rings is 1. The Morgan fingerprint density at radius 1 is 1.23 bits per heavy atom. The summed E-state index contributed by atoms with van der Waals surface area (Å²) in [7, 11) is 0. The molecule has 0 aromatic heterocycles. The van der Waals surface area contributed by atoms with Gasteiger partial charge in [0.1, 0.15) is 11.6 Å². The van der Waals surface area contributed by atoms with Crippen molar-refractivity contribution in [3.05, 3.63) is 0 Å². The molecule has 2 saturated heterocycles. The summed E-state index contributed by atoms with van der Waals surface area (Å²) in [6, 6.07) is -0.378. The minimum Gasteiger partial charge on any atom is -0.444 e. The largest absolute Gasteiger partial charge is 0.444 e. The first-order valence-electron chi connectivity index (χ1n) is 8.35. The SMILES string of the molecule is CC(C)(C)OC(=O)N1CCCC1C(=O)NCC1CCNCC1. The van der Waals surface area contributed by atoms with E-state index in [4.69, 9.17) is 4.74 Å². The summed E-state index contributed by atoms with van der Waals surface area (Å²) in [5, 5.41) is 6.34. The summed E-state index contributed by atoms with van der Waals surface area (Å²) < 4.78 is 5.40. The smallest absolute Gasteiger partial charge is 0.410 e. The third kappa shape index (κ3) is 4.87. The number of nitrogens with zero attached hydrogens (tertiary/aromatic N) is 1. The molecule has 2 rings (SSSR count). The number of hydrogen-bond acceptors (Lipinski definition) is 4. The van der Waals surface area contributed by atoms with Gasteiger partial charge in [-0.05, 0) is 65.5 Å². The van der Waals surface area contributed by atoms with Gasteiger partial charge in [-0.3, -0.25) is 9.69 Å². The summed E-state index contributed by atoms with van der Waals surface area (Å²) >= 11 is 0. The van der Waals surface area contributed by atoms with E-state index >= 15 is 0 Å². The van der Waals surface area contributed by atoms with Gasteiger partial charge in [-0.15, -0.1) is 0 Å². The molecule has 6 heteroatoms. The Bertz CT molecular complexity index is 400. The van der Waals surface area contributed by atoms with Crippen molar-refractivity contribution in [2.45, 2.75) is 58.1 Å². The van der Waals surface area contributed by atoms with Crippen molar-refractivity contribution in [3.8, 4) is 0 Å². The Balaban J connectivity index is 1.83. The number of amides is 2. The van der Waals surface area contributed by atoms with Crippen LogP contribution in [0, 0.1) is 5.92 Å². The van der Waals surface area contributed by atoms with E-state index < -0.39 is 5.60 Å². The van der Waals surface area contributed by atoms with Gasteiger partial charge in [0.2, 0.25) is 5.91 Å². The highest BCUT2D eigenvalue weighted by Crippen LogP contribution is 2.21. The summed E-state index contributed by atoms with van der Waals surface area (Å²) in [5.41, 5.74) is -0.532. The number of rotatable bonds is 3. The number of carbonyl (C=O) groups is 2. The standard InChI is InChI=1S/C16H29N3O3/c1-16(2,3)22-15(21)19-10-4-5-13(19)14(20)18-11-12-6-8-17-9-7-12/h12-13,17H,4-11H2,1-3H3,(H,18,20). The molecule has 0 saturated carbocycles. The lowest BCUT2D eigenvalue weighted by Crippen LogP contribution is -2.48. The monoisotopic (exact) mass is 311 g/mol. The molecule has 2 N–H and O–H groups in total. The molecule has 2 amide bonds. The van der Waals surface area contributed by atoms with Gasteiger partial charge in [-0.2, -0.15) is 0 Å². The Hall–Kier alpha value is -1.30. The minimum absolute atomic E-state index is 0.0399. The Kier molecular flexibility index (Phi) is 5.67. The number of hydrogen-bond donors (Lipinski definition) is 2. The zero-order chi connectivity index (χ0) is 16.2. The van der Waals surface area contributed by atoms with Gasteiger partial charge in [-0.25, -0.2) is 4.79 Å². The molecule has 0 aliphatic carbocycles. The minimum atomic E-state index is -0.532. The zero-order valence-electron chi connectivity index (χ0n) is 14.0. The molecule has 0 bridgehead atoms. The van der Waals surface area contributed by atoms with Crippen LogP contribution in [0.5, 0.6) is 0 Å². The van der Waals surface area contributed by atoms with Crippen LogP contribution in [0.1, 0.15) is 46.5 Å². The molecule has 6 nitrogen and oxygen atoms in total. The maximum Gasteiger partial charge on any atom is 0.410 e. The third-order valence-electron chi connectivity index (χ3n) is 4.21. The number of ether oxygens (including phenoxy) is 1. The molecule has 1 unspecified atom stereocenters. The van der Waals surface area contributed by atoms with Crippen LogP contribution in [0.2, 0.25) is 0 Å². The molecule has 2 fully saturated rings. The molecule has 2 aliphatic heterocycles. The molecular weight excluding hydrogens is 282 g/mol. The average Bonchev–Trinajstić information content (AvgIpc) is 2.93. The van der Waals surface area contributed by atoms with Crippen LogP contribution in [-0.2, 0) is 9.53 Å². The van der Waals surface area contributed by atoms with Crippen LogP contribution in [0.25, 0.3) is 0 Å². The topological polar surface area (TPSA) is 70.7 Å². The molecule has 22 heavy (non-hydrogen) atoms. The van der Waals surface area contributed by atoms with Crippen molar-refractivity contribution < 1.29 is 14.3 Å². The van der Waals surface area contributed by atoms with Crippen molar-refractivity contribution in [1.82, 2.24) is 15.5 Å². The molecule has 0 radical (unpaired) electrons. The molecular formula is C16H29N3O3. The van der Waals surface area contributed by atoms with Crippen molar-refractivity contribution in [3.63, 3.8) is 0 Å². The Labute approximate surface area is 132 Å². The predicted molar refractivity (Wildman–Crippen MR) is 84.6 cm³/mol. The number of carbonyl (C=O) groups excluding carboxylic acids is 2. The molecule has 0 spiro atoms. The molecule has 0 aromatic rings. The first-order chi connectivity index (χ1) is 10.4. The van der Waals surface area contributed by atoms with Gasteiger partial charge in [0.05, 0.1) is 0 Å². The lowest BCUT2D eigenvalue weighted by Gasteiger charge is -2.29. The summed E-state index contributed by atoms with van der Waals surface area (Å²) in [4.78, 5) is 26.2. The van der Waals surface area contributed by atoms with E-state index in [0.29, 0.717) is 19.0 Å². The highest BCUT2D eigenvalue weighted by atomic mass is 16.6. The number of nitrogens with one attached hydrogen (secondary N) is 2. The Morgan fingerprint density at radius 3 is 2.55 bits per heavy atom. The van der Waals surface area contributed by atoms with E-state index in [1.54, 1.807) is 4.90 Å². The van der Waals surface area contributed by atoms with E-state index in [-0.39, 0.29) is 18.0 Å². The van der Waals surface area contributed by atoms with E-state index in [9.17, 15) is 9.59 Å². The normalized spacial score (nSPS) is 23.4. The second-order valence-corrected chi connectivity index (χ2v) is 7.27. The molecule has 1 atom stereocenters. The van der Waals surface area contributed by atoms with Gasteiger partial charge < -0.3 is 15.4 Å². The van der Waals surface area contributed by atoms with E-state index in [2.05, 4.69) is 10.6 Å². The van der Waals surface area contributed by atoms with Crippen molar-refractivity contribution in [2.75, 3.05) is 26.2 Å². The van der Waals surface area contributed by atoms with E-state index in [1.807, 2.05) is 20.8 Å².